The average molecular weight is 315 g/mol. The van der Waals surface area contributed by atoms with E-state index in [1.54, 1.807) is 13.3 Å². The Morgan fingerprint density at radius 2 is 2.00 bits per heavy atom. The molecule has 114 valence electrons. The highest BCUT2D eigenvalue weighted by Crippen LogP contribution is 2.16. The SMILES string of the molecule is COc1cccc(COc2ccc(C=NNC(N)=S)cc2)c1. The molecule has 3 N–H and O–H groups in total. The lowest BCUT2D eigenvalue weighted by atomic mass is 10.2. The Hall–Kier alpha value is -2.60. The molecule has 2 aromatic rings. The number of hydrogen-bond donors (Lipinski definition) is 2. The molecule has 0 atom stereocenters. The number of nitrogens with two attached hydrogens (primary N) is 1. The van der Waals surface area contributed by atoms with Gasteiger partial charge >= 0.3 is 0 Å². The summed E-state index contributed by atoms with van der Waals surface area (Å²) in [6, 6.07) is 15.3. The fourth-order valence-electron chi connectivity index (χ4n) is 1.75. The average Bonchev–Trinajstić information content (AvgIpc) is 2.54. The van der Waals surface area contributed by atoms with Gasteiger partial charge in [0.1, 0.15) is 18.1 Å². The van der Waals surface area contributed by atoms with Crippen molar-refractivity contribution in [1.29, 1.82) is 0 Å². The summed E-state index contributed by atoms with van der Waals surface area (Å²) < 4.78 is 10.9. The third kappa shape index (κ3) is 5.06. The van der Waals surface area contributed by atoms with Crippen molar-refractivity contribution in [2.45, 2.75) is 6.61 Å². The zero-order chi connectivity index (χ0) is 15.8. The molecule has 0 aliphatic heterocycles. The van der Waals surface area contributed by atoms with E-state index in [9.17, 15) is 0 Å². The minimum Gasteiger partial charge on any atom is -0.497 e. The molecule has 6 heteroatoms. The van der Waals surface area contributed by atoms with Crippen LogP contribution in [0, 0.1) is 0 Å². The molecular weight excluding hydrogens is 298 g/mol. The lowest BCUT2D eigenvalue weighted by molar-refractivity contribution is 0.305. The van der Waals surface area contributed by atoms with E-state index in [0.29, 0.717) is 6.61 Å². The molecule has 0 amide bonds. The molecule has 5 nitrogen and oxygen atoms in total. The second-order valence-corrected chi connectivity index (χ2v) is 4.88. The lowest BCUT2D eigenvalue weighted by Gasteiger charge is -2.07. The maximum atomic E-state index is 5.73. The van der Waals surface area contributed by atoms with Gasteiger partial charge in [0.15, 0.2) is 5.11 Å². The molecule has 0 spiro atoms. The summed E-state index contributed by atoms with van der Waals surface area (Å²) >= 11 is 4.65. The highest BCUT2D eigenvalue weighted by molar-refractivity contribution is 7.80. The molecule has 2 rings (SSSR count). The van der Waals surface area contributed by atoms with Crippen LogP contribution in [0.25, 0.3) is 0 Å². The second-order valence-electron chi connectivity index (χ2n) is 4.44. The van der Waals surface area contributed by atoms with Gasteiger partial charge in [0.05, 0.1) is 13.3 Å². The van der Waals surface area contributed by atoms with Crippen molar-refractivity contribution in [3.05, 3.63) is 59.7 Å². The third-order valence-electron chi connectivity index (χ3n) is 2.81. The van der Waals surface area contributed by atoms with Gasteiger partial charge in [-0.05, 0) is 59.7 Å². The highest BCUT2D eigenvalue weighted by Gasteiger charge is 1.98. The summed E-state index contributed by atoms with van der Waals surface area (Å²) in [4.78, 5) is 0. The molecule has 0 aliphatic rings. The first-order chi connectivity index (χ1) is 10.7. The molecule has 22 heavy (non-hydrogen) atoms. The van der Waals surface area contributed by atoms with Crippen LogP contribution >= 0.6 is 12.2 Å². The number of hydrogen-bond acceptors (Lipinski definition) is 4. The van der Waals surface area contributed by atoms with Gasteiger partial charge in [0, 0.05) is 0 Å². The van der Waals surface area contributed by atoms with Crippen LogP contribution in [-0.4, -0.2) is 18.4 Å². The van der Waals surface area contributed by atoms with Crippen molar-refractivity contribution in [3.63, 3.8) is 0 Å². The quantitative estimate of drug-likeness (QED) is 0.487. The minimum atomic E-state index is 0.134. The minimum absolute atomic E-state index is 0.134. The Labute approximate surface area is 134 Å². The predicted octanol–water partition coefficient (Wildman–Crippen LogP) is 2.44. The van der Waals surface area contributed by atoms with E-state index in [0.717, 1.165) is 22.6 Å². The highest BCUT2D eigenvalue weighted by atomic mass is 32.1. The van der Waals surface area contributed by atoms with Crippen molar-refractivity contribution in [3.8, 4) is 11.5 Å². The third-order valence-corrected chi connectivity index (χ3v) is 2.90. The van der Waals surface area contributed by atoms with Gasteiger partial charge in [-0.1, -0.05) is 12.1 Å². The number of thiocarbonyl (C=S) groups is 1. The molecule has 0 radical (unpaired) electrons. The van der Waals surface area contributed by atoms with Gasteiger partial charge in [-0.15, -0.1) is 0 Å². The number of nitrogens with one attached hydrogen (secondary N) is 1. The van der Waals surface area contributed by atoms with Gasteiger partial charge in [-0.3, -0.25) is 5.43 Å². The number of hydrazone groups is 1. The summed E-state index contributed by atoms with van der Waals surface area (Å²) in [6.07, 6.45) is 1.63. The van der Waals surface area contributed by atoms with Gasteiger partial charge in [0.2, 0.25) is 0 Å². The lowest BCUT2D eigenvalue weighted by Crippen LogP contribution is -2.23. The number of nitrogens with zero attached hydrogens (tertiary/aromatic N) is 1. The van der Waals surface area contributed by atoms with Crippen molar-refractivity contribution in [1.82, 2.24) is 5.43 Å². The van der Waals surface area contributed by atoms with Crippen LogP contribution < -0.4 is 20.6 Å². The van der Waals surface area contributed by atoms with E-state index in [1.807, 2.05) is 48.5 Å². The molecule has 0 saturated carbocycles. The number of ether oxygens (including phenoxy) is 2. The summed E-state index contributed by atoms with van der Waals surface area (Å²) in [5.74, 6) is 1.60. The molecule has 0 aliphatic carbocycles. The normalized spacial score (nSPS) is 10.4. The second kappa shape index (κ2) is 7.99. The Morgan fingerprint density at radius 3 is 2.68 bits per heavy atom. The van der Waals surface area contributed by atoms with E-state index in [1.165, 1.54) is 0 Å². The molecule has 0 unspecified atom stereocenters. The smallest absolute Gasteiger partial charge is 0.184 e. The predicted molar refractivity (Wildman–Crippen MR) is 91.3 cm³/mol. The van der Waals surface area contributed by atoms with E-state index < -0.39 is 0 Å². The van der Waals surface area contributed by atoms with Crippen LogP contribution in [0.2, 0.25) is 0 Å². The Bertz CT molecular complexity index is 657. The van der Waals surface area contributed by atoms with E-state index in [4.69, 9.17) is 15.2 Å². The zero-order valence-electron chi connectivity index (χ0n) is 12.2. The molecule has 0 heterocycles. The van der Waals surface area contributed by atoms with Crippen LogP contribution in [0.5, 0.6) is 11.5 Å². The largest absolute Gasteiger partial charge is 0.497 e. The first-order valence-corrected chi connectivity index (χ1v) is 7.02. The number of methoxy groups -OCH3 is 1. The number of rotatable bonds is 6. The van der Waals surface area contributed by atoms with E-state index in [-0.39, 0.29) is 5.11 Å². The topological polar surface area (TPSA) is 68.9 Å². The molecule has 0 fully saturated rings. The molecule has 2 aromatic carbocycles. The summed E-state index contributed by atoms with van der Waals surface area (Å²) in [5, 5.41) is 4.02. The van der Waals surface area contributed by atoms with E-state index in [2.05, 4.69) is 22.7 Å². The van der Waals surface area contributed by atoms with Crippen molar-refractivity contribution in [2.75, 3.05) is 7.11 Å². The standard InChI is InChI=1S/C16H17N3O2S/c1-20-15-4-2-3-13(9-15)11-21-14-7-5-12(6-8-14)10-18-19-16(17)22/h2-10H,11H2,1H3,(H3,17,19,22). The molecule has 0 aromatic heterocycles. The van der Waals surface area contributed by atoms with Gasteiger partial charge in [0.25, 0.3) is 0 Å². The Balaban J connectivity index is 1.90. The summed E-state index contributed by atoms with van der Waals surface area (Å²) in [5.41, 5.74) is 9.74. The van der Waals surface area contributed by atoms with Crippen LogP contribution in [0.4, 0.5) is 0 Å². The van der Waals surface area contributed by atoms with Crippen molar-refractivity contribution >= 4 is 23.5 Å². The monoisotopic (exact) mass is 315 g/mol. The van der Waals surface area contributed by atoms with Crippen LogP contribution in [0.1, 0.15) is 11.1 Å². The van der Waals surface area contributed by atoms with Gasteiger partial charge < -0.3 is 15.2 Å². The van der Waals surface area contributed by atoms with Gasteiger partial charge in [-0.2, -0.15) is 5.10 Å². The van der Waals surface area contributed by atoms with Crippen molar-refractivity contribution < 1.29 is 9.47 Å². The summed E-state index contributed by atoms with van der Waals surface area (Å²) in [6.45, 7) is 0.480. The summed E-state index contributed by atoms with van der Waals surface area (Å²) in [7, 11) is 1.65. The first kappa shape index (κ1) is 15.8. The first-order valence-electron chi connectivity index (χ1n) is 6.61. The molecule has 0 saturated heterocycles. The Morgan fingerprint density at radius 1 is 1.23 bits per heavy atom. The van der Waals surface area contributed by atoms with E-state index >= 15 is 0 Å². The van der Waals surface area contributed by atoms with Crippen molar-refractivity contribution in [2.24, 2.45) is 10.8 Å². The number of benzene rings is 2. The maximum absolute atomic E-state index is 5.73. The zero-order valence-corrected chi connectivity index (χ0v) is 13.0. The fraction of sp³-hybridized carbons (Fsp3) is 0.125. The van der Waals surface area contributed by atoms with Crippen LogP contribution in [0.3, 0.4) is 0 Å². The van der Waals surface area contributed by atoms with Crippen LogP contribution in [-0.2, 0) is 6.61 Å². The maximum Gasteiger partial charge on any atom is 0.184 e. The molecule has 0 bridgehead atoms. The van der Waals surface area contributed by atoms with Crippen LogP contribution in [0.15, 0.2) is 53.6 Å². The Kier molecular flexibility index (Phi) is 5.73. The molecular formula is C16H17N3O2S. The van der Waals surface area contributed by atoms with Gasteiger partial charge in [-0.25, -0.2) is 0 Å². The fourth-order valence-corrected chi connectivity index (χ4v) is 1.80.